The fraction of sp³-hybridized carbons (Fsp3) is 0.250. The number of nitrogens with one attached hydrogen (secondary N) is 2. The van der Waals surface area contributed by atoms with Crippen molar-refractivity contribution in [2.45, 2.75) is 18.0 Å². The Morgan fingerprint density at radius 3 is 2.31 bits per heavy atom. The number of hydrogen-bond acceptors (Lipinski definition) is 5. The van der Waals surface area contributed by atoms with Gasteiger partial charge in [0.05, 0.1) is 23.1 Å². The van der Waals surface area contributed by atoms with Crippen molar-refractivity contribution in [1.82, 2.24) is 10.6 Å². The Kier molecular flexibility index (Phi) is 7.93. The normalized spacial score (nSPS) is 12.5. The van der Waals surface area contributed by atoms with Crippen LogP contribution in [-0.2, 0) is 26.6 Å². The quantitative estimate of drug-likeness (QED) is 0.452. The second-order valence-electron chi connectivity index (χ2n) is 6.63. The van der Waals surface area contributed by atoms with E-state index in [1.54, 1.807) is 24.3 Å². The molecule has 2 N–H and O–H groups in total. The minimum atomic E-state index is -4.80. The van der Waals surface area contributed by atoms with Crippen molar-refractivity contribution in [3.05, 3.63) is 71.0 Å². The van der Waals surface area contributed by atoms with E-state index in [4.69, 9.17) is 5.26 Å². The molecule has 0 aliphatic heterocycles. The molecule has 12 heteroatoms. The van der Waals surface area contributed by atoms with Crippen LogP contribution in [0.1, 0.15) is 21.5 Å². The maximum absolute atomic E-state index is 14.1. The summed E-state index contributed by atoms with van der Waals surface area (Å²) in [5.41, 5.74) is -1.67. The van der Waals surface area contributed by atoms with Crippen LogP contribution in [0.3, 0.4) is 0 Å². The standard InChI is InChI=1S/C20H17F4N3O4S/c21-16-10-15(20(22,23)24)7-6-14(16)11-32(30,31)12-17(19(29)26-9-8-25)27-18(28)13-4-2-1-3-5-13/h1-7,10,17H,9,11-12H2,(H,26,29)(H,27,28)/t17-/m0/s1. The van der Waals surface area contributed by atoms with Gasteiger partial charge in [-0.2, -0.15) is 18.4 Å². The lowest BCUT2D eigenvalue weighted by molar-refractivity contribution is -0.137. The lowest BCUT2D eigenvalue weighted by atomic mass is 10.1. The number of halogens is 4. The average Bonchev–Trinajstić information content (AvgIpc) is 2.72. The third-order valence-electron chi connectivity index (χ3n) is 4.18. The van der Waals surface area contributed by atoms with Crippen molar-refractivity contribution in [1.29, 1.82) is 5.26 Å². The molecule has 2 amide bonds. The molecule has 0 fully saturated rings. The summed E-state index contributed by atoms with van der Waals surface area (Å²) >= 11 is 0. The van der Waals surface area contributed by atoms with Crippen LogP contribution in [0.4, 0.5) is 17.6 Å². The summed E-state index contributed by atoms with van der Waals surface area (Å²) in [6, 6.07) is 9.00. The predicted octanol–water partition coefficient (Wildman–Crippen LogP) is 2.20. The van der Waals surface area contributed by atoms with E-state index in [-0.39, 0.29) is 11.6 Å². The van der Waals surface area contributed by atoms with E-state index < -0.39 is 68.9 Å². The molecular formula is C20H17F4N3O4S. The first kappa shape index (κ1) is 24.8. The third-order valence-corrected chi connectivity index (χ3v) is 5.77. The number of nitriles is 1. The summed E-state index contributed by atoms with van der Waals surface area (Å²) < 4.78 is 77.2. The first-order valence-electron chi connectivity index (χ1n) is 8.99. The number of nitrogens with zero attached hydrogens (tertiary/aromatic N) is 1. The van der Waals surface area contributed by atoms with Crippen molar-refractivity contribution in [3.8, 4) is 6.07 Å². The van der Waals surface area contributed by atoms with Gasteiger partial charge in [0.15, 0.2) is 9.84 Å². The number of carbonyl (C=O) groups excluding carboxylic acids is 2. The van der Waals surface area contributed by atoms with Gasteiger partial charge in [0.25, 0.3) is 5.91 Å². The summed E-state index contributed by atoms with van der Waals surface area (Å²) in [6.45, 7) is -0.454. The first-order chi connectivity index (χ1) is 14.9. The lowest BCUT2D eigenvalue weighted by Gasteiger charge is -2.18. The zero-order valence-electron chi connectivity index (χ0n) is 16.3. The van der Waals surface area contributed by atoms with Crippen molar-refractivity contribution in [2.24, 2.45) is 0 Å². The highest BCUT2D eigenvalue weighted by atomic mass is 32.2. The summed E-state index contributed by atoms with van der Waals surface area (Å²) in [7, 11) is -4.28. The Morgan fingerprint density at radius 1 is 1.09 bits per heavy atom. The first-order valence-corrected chi connectivity index (χ1v) is 10.8. The van der Waals surface area contributed by atoms with Crippen molar-refractivity contribution in [2.75, 3.05) is 12.3 Å². The number of sulfone groups is 1. The molecule has 2 aromatic rings. The van der Waals surface area contributed by atoms with E-state index in [1.807, 2.05) is 0 Å². The van der Waals surface area contributed by atoms with Crippen LogP contribution in [0, 0.1) is 17.1 Å². The van der Waals surface area contributed by atoms with Crippen molar-refractivity contribution in [3.63, 3.8) is 0 Å². The van der Waals surface area contributed by atoms with Gasteiger partial charge in [-0.25, -0.2) is 12.8 Å². The molecule has 0 spiro atoms. The van der Waals surface area contributed by atoms with Crippen LogP contribution in [0.15, 0.2) is 48.5 Å². The number of amides is 2. The lowest BCUT2D eigenvalue weighted by Crippen LogP contribution is -2.50. The van der Waals surface area contributed by atoms with Crippen LogP contribution in [-0.4, -0.2) is 38.6 Å². The maximum atomic E-state index is 14.1. The maximum Gasteiger partial charge on any atom is 0.416 e. The molecule has 0 saturated heterocycles. The van der Waals surface area contributed by atoms with Gasteiger partial charge >= 0.3 is 6.18 Å². The minimum Gasteiger partial charge on any atom is -0.341 e. The zero-order valence-corrected chi connectivity index (χ0v) is 17.1. The predicted molar refractivity (Wildman–Crippen MR) is 105 cm³/mol. The fourth-order valence-electron chi connectivity index (χ4n) is 2.65. The summed E-state index contributed by atoms with van der Waals surface area (Å²) in [6.07, 6.45) is -4.80. The van der Waals surface area contributed by atoms with Gasteiger partial charge in [-0.05, 0) is 24.3 Å². The highest BCUT2D eigenvalue weighted by Gasteiger charge is 2.32. The Labute approximate surface area is 181 Å². The van der Waals surface area contributed by atoms with E-state index in [9.17, 15) is 35.6 Å². The molecule has 0 aliphatic carbocycles. The van der Waals surface area contributed by atoms with E-state index >= 15 is 0 Å². The van der Waals surface area contributed by atoms with Gasteiger partial charge in [0, 0.05) is 11.1 Å². The molecule has 0 bridgehead atoms. The molecule has 170 valence electrons. The number of rotatable bonds is 8. The molecule has 2 rings (SSSR count). The molecule has 1 atom stereocenters. The molecule has 0 aliphatic rings. The van der Waals surface area contributed by atoms with Crippen LogP contribution >= 0.6 is 0 Å². The average molecular weight is 471 g/mol. The largest absolute Gasteiger partial charge is 0.416 e. The van der Waals surface area contributed by atoms with Gasteiger partial charge in [0.2, 0.25) is 5.91 Å². The Balaban J connectivity index is 2.22. The third kappa shape index (κ3) is 7.05. The van der Waals surface area contributed by atoms with Crippen molar-refractivity contribution >= 4 is 21.7 Å². The van der Waals surface area contributed by atoms with Crippen LogP contribution < -0.4 is 10.6 Å². The molecule has 7 nitrogen and oxygen atoms in total. The Hall–Kier alpha value is -3.46. The van der Waals surface area contributed by atoms with Gasteiger partial charge < -0.3 is 10.6 Å². The van der Waals surface area contributed by atoms with Gasteiger partial charge in [0.1, 0.15) is 18.4 Å². The Bertz CT molecular complexity index is 1130. The topological polar surface area (TPSA) is 116 Å². The molecule has 0 saturated carbocycles. The monoisotopic (exact) mass is 471 g/mol. The van der Waals surface area contributed by atoms with Gasteiger partial charge in [-0.3, -0.25) is 9.59 Å². The van der Waals surface area contributed by atoms with E-state index in [1.165, 1.54) is 12.1 Å². The molecule has 2 aromatic carbocycles. The SMILES string of the molecule is N#CCNC(=O)[C@H](CS(=O)(=O)Cc1ccc(C(F)(F)F)cc1F)NC(=O)c1ccccc1. The number of alkyl halides is 3. The zero-order chi connectivity index (χ0) is 23.9. The highest BCUT2D eigenvalue weighted by molar-refractivity contribution is 7.90. The molecular weight excluding hydrogens is 454 g/mol. The molecule has 0 heterocycles. The summed E-state index contributed by atoms with van der Waals surface area (Å²) in [4.78, 5) is 24.6. The molecule has 0 aromatic heterocycles. The molecule has 0 radical (unpaired) electrons. The second kappa shape index (κ2) is 10.2. The van der Waals surface area contributed by atoms with Crippen LogP contribution in [0.5, 0.6) is 0 Å². The Morgan fingerprint density at radius 2 is 1.75 bits per heavy atom. The fourth-order valence-corrected chi connectivity index (χ4v) is 4.22. The van der Waals surface area contributed by atoms with Crippen molar-refractivity contribution < 1.29 is 35.6 Å². The van der Waals surface area contributed by atoms with Crippen LogP contribution in [0.25, 0.3) is 0 Å². The summed E-state index contributed by atoms with van der Waals surface area (Å²) in [5.74, 6) is -5.07. The van der Waals surface area contributed by atoms with Gasteiger partial charge in [-0.1, -0.05) is 24.3 Å². The van der Waals surface area contributed by atoms with E-state index in [0.717, 1.165) is 0 Å². The van der Waals surface area contributed by atoms with E-state index in [2.05, 4.69) is 10.6 Å². The molecule has 0 unspecified atom stereocenters. The minimum absolute atomic E-state index is 0.136. The number of carbonyl (C=O) groups is 2. The smallest absolute Gasteiger partial charge is 0.341 e. The van der Waals surface area contributed by atoms with Crippen LogP contribution in [0.2, 0.25) is 0 Å². The molecule has 32 heavy (non-hydrogen) atoms. The van der Waals surface area contributed by atoms with Gasteiger partial charge in [-0.15, -0.1) is 0 Å². The van der Waals surface area contributed by atoms with E-state index in [0.29, 0.717) is 12.1 Å². The highest BCUT2D eigenvalue weighted by Crippen LogP contribution is 2.30. The number of hydrogen-bond donors (Lipinski definition) is 2. The summed E-state index contributed by atoms with van der Waals surface area (Å²) in [5, 5.41) is 13.0. The number of benzene rings is 2. The second-order valence-corrected chi connectivity index (χ2v) is 8.74.